The van der Waals surface area contributed by atoms with Crippen LogP contribution in [0.2, 0.25) is 0 Å². The zero-order valence-electron chi connectivity index (χ0n) is 9.43. The highest BCUT2D eigenvalue weighted by atomic mass is 32.1. The summed E-state index contributed by atoms with van der Waals surface area (Å²) < 4.78 is 0. The second-order valence-electron chi connectivity index (χ2n) is 3.47. The van der Waals surface area contributed by atoms with Crippen LogP contribution in [0.1, 0.15) is 17.5 Å². The summed E-state index contributed by atoms with van der Waals surface area (Å²) in [5, 5.41) is 11.5. The molecule has 0 fully saturated rings. The molecule has 4 nitrogen and oxygen atoms in total. The Balaban J connectivity index is 1.93. The topological polar surface area (TPSA) is 57.8 Å². The standard InChI is InChI=1S/C12H13N3OS/c1-2-9-8-11(15-14-9)13-12(16)6-5-10-4-3-7-17-10/h3-8H,2H2,1H3,(H2,13,14,15,16)/b6-5+. The summed E-state index contributed by atoms with van der Waals surface area (Å²) in [7, 11) is 0. The van der Waals surface area contributed by atoms with E-state index in [1.807, 2.05) is 30.5 Å². The molecule has 2 heterocycles. The number of H-pyrrole nitrogens is 1. The Morgan fingerprint density at radius 1 is 1.65 bits per heavy atom. The van der Waals surface area contributed by atoms with Gasteiger partial charge >= 0.3 is 0 Å². The van der Waals surface area contributed by atoms with E-state index in [0.29, 0.717) is 5.82 Å². The lowest BCUT2D eigenvalue weighted by atomic mass is 10.3. The number of amides is 1. The molecule has 1 amide bonds. The van der Waals surface area contributed by atoms with E-state index in [0.717, 1.165) is 17.0 Å². The minimum Gasteiger partial charge on any atom is -0.306 e. The Kier molecular flexibility index (Phi) is 3.72. The average molecular weight is 247 g/mol. The lowest BCUT2D eigenvalue weighted by Gasteiger charge is -1.94. The smallest absolute Gasteiger partial charge is 0.249 e. The molecule has 5 heteroatoms. The van der Waals surface area contributed by atoms with Crippen LogP contribution in [0, 0.1) is 0 Å². The third-order valence-corrected chi connectivity index (χ3v) is 3.04. The molecular weight excluding hydrogens is 234 g/mol. The predicted octanol–water partition coefficient (Wildman–Crippen LogP) is 2.69. The zero-order chi connectivity index (χ0) is 12.1. The van der Waals surface area contributed by atoms with E-state index in [9.17, 15) is 4.79 Å². The number of nitrogens with one attached hydrogen (secondary N) is 2. The van der Waals surface area contributed by atoms with Crippen LogP contribution in [0.25, 0.3) is 6.08 Å². The van der Waals surface area contributed by atoms with Crippen LogP contribution in [0.5, 0.6) is 0 Å². The van der Waals surface area contributed by atoms with Crippen molar-refractivity contribution in [3.8, 4) is 0 Å². The first-order valence-corrected chi connectivity index (χ1v) is 6.22. The number of aromatic amines is 1. The fourth-order valence-corrected chi connectivity index (χ4v) is 1.94. The Labute approximate surface area is 103 Å². The van der Waals surface area contributed by atoms with Gasteiger partial charge in [0.05, 0.1) is 0 Å². The Morgan fingerprint density at radius 2 is 2.53 bits per heavy atom. The second-order valence-corrected chi connectivity index (χ2v) is 4.45. The number of carbonyl (C=O) groups excluding carboxylic acids is 1. The highest BCUT2D eigenvalue weighted by molar-refractivity contribution is 7.10. The predicted molar refractivity (Wildman–Crippen MR) is 69.9 cm³/mol. The van der Waals surface area contributed by atoms with Gasteiger partial charge in [-0.25, -0.2) is 0 Å². The van der Waals surface area contributed by atoms with Gasteiger partial charge in [0, 0.05) is 22.7 Å². The van der Waals surface area contributed by atoms with Crippen LogP contribution in [0.4, 0.5) is 5.82 Å². The van der Waals surface area contributed by atoms with Crippen molar-refractivity contribution in [2.24, 2.45) is 0 Å². The van der Waals surface area contributed by atoms with Crippen LogP contribution in [0.3, 0.4) is 0 Å². The molecule has 2 rings (SSSR count). The van der Waals surface area contributed by atoms with Crippen molar-refractivity contribution in [1.29, 1.82) is 0 Å². The molecule has 0 aromatic carbocycles. The Bertz CT molecular complexity index is 514. The number of rotatable bonds is 4. The van der Waals surface area contributed by atoms with Crippen molar-refractivity contribution in [3.63, 3.8) is 0 Å². The summed E-state index contributed by atoms with van der Waals surface area (Å²) in [5.74, 6) is 0.384. The van der Waals surface area contributed by atoms with E-state index in [-0.39, 0.29) is 5.91 Å². The SMILES string of the molecule is CCc1cc(NC(=O)/C=C/c2cccs2)n[nH]1. The molecule has 0 saturated heterocycles. The summed E-state index contributed by atoms with van der Waals surface area (Å²) in [6.07, 6.45) is 4.16. The summed E-state index contributed by atoms with van der Waals surface area (Å²) in [4.78, 5) is 12.6. The Morgan fingerprint density at radius 3 is 3.18 bits per heavy atom. The molecule has 2 aromatic rings. The summed E-state index contributed by atoms with van der Waals surface area (Å²) in [6, 6.07) is 5.73. The van der Waals surface area contributed by atoms with Gasteiger partial charge in [-0.15, -0.1) is 11.3 Å². The number of anilines is 1. The van der Waals surface area contributed by atoms with Gasteiger partial charge in [-0.3, -0.25) is 9.89 Å². The average Bonchev–Trinajstić information content (AvgIpc) is 2.97. The summed E-state index contributed by atoms with van der Waals surface area (Å²) in [5.41, 5.74) is 1.00. The van der Waals surface area contributed by atoms with Crippen LogP contribution < -0.4 is 5.32 Å². The normalized spacial score (nSPS) is 10.9. The third kappa shape index (κ3) is 3.29. The molecule has 0 atom stereocenters. The number of aromatic nitrogens is 2. The maximum absolute atomic E-state index is 11.6. The molecular formula is C12H13N3OS. The molecule has 0 spiro atoms. The van der Waals surface area contributed by atoms with Gasteiger partial charge < -0.3 is 5.32 Å². The van der Waals surface area contributed by atoms with E-state index in [1.165, 1.54) is 6.08 Å². The molecule has 0 aliphatic heterocycles. The second kappa shape index (κ2) is 5.45. The number of hydrogen-bond donors (Lipinski definition) is 2. The van der Waals surface area contributed by atoms with Crippen molar-refractivity contribution >= 4 is 29.1 Å². The van der Waals surface area contributed by atoms with Gasteiger partial charge in [0.15, 0.2) is 5.82 Å². The van der Waals surface area contributed by atoms with Crippen molar-refractivity contribution in [3.05, 3.63) is 40.2 Å². The van der Waals surface area contributed by atoms with Crippen molar-refractivity contribution in [2.75, 3.05) is 5.32 Å². The van der Waals surface area contributed by atoms with E-state index in [1.54, 1.807) is 17.4 Å². The highest BCUT2D eigenvalue weighted by Gasteiger charge is 2.02. The number of aryl methyl sites for hydroxylation is 1. The van der Waals surface area contributed by atoms with Crippen LogP contribution in [-0.2, 0) is 11.2 Å². The number of carbonyl (C=O) groups is 1. The fraction of sp³-hybridized carbons (Fsp3) is 0.167. The molecule has 0 bridgehead atoms. The first kappa shape index (κ1) is 11.6. The highest BCUT2D eigenvalue weighted by Crippen LogP contribution is 2.10. The summed E-state index contributed by atoms with van der Waals surface area (Å²) >= 11 is 1.59. The lowest BCUT2D eigenvalue weighted by molar-refractivity contribution is -0.111. The first-order chi connectivity index (χ1) is 8.28. The van der Waals surface area contributed by atoms with Gasteiger partial charge in [-0.1, -0.05) is 13.0 Å². The molecule has 2 aromatic heterocycles. The van der Waals surface area contributed by atoms with E-state index < -0.39 is 0 Å². The van der Waals surface area contributed by atoms with Gasteiger partial charge in [0.1, 0.15) is 0 Å². The van der Waals surface area contributed by atoms with Crippen molar-refractivity contribution in [2.45, 2.75) is 13.3 Å². The van der Waals surface area contributed by atoms with Gasteiger partial charge in [0.2, 0.25) is 5.91 Å². The molecule has 0 saturated carbocycles. The van der Waals surface area contributed by atoms with Crippen LogP contribution in [0.15, 0.2) is 29.7 Å². The first-order valence-electron chi connectivity index (χ1n) is 5.35. The molecule has 2 N–H and O–H groups in total. The Hall–Kier alpha value is -1.88. The number of thiophene rings is 1. The molecule has 88 valence electrons. The zero-order valence-corrected chi connectivity index (χ0v) is 10.3. The third-order valence-electron chi connectivity index (χ3n) is 2.21. The number of hydrogen-bond acceptors (Lipinski definition) is 3. The molecule has 0 unspecified atom stereocenters. The molecule has 0 aliphatic carbocycles. The van der Waals surface area contributed by atoms with Gasteiger partial charge in [0.25, 0.3) is 0 Å². The monoisotopic (exact) mass is 247 g/mol. The van der Waals surface area contributed by atoms with E-state index >= 15 is 0 Å². The maximum atomic E-state index is 11.6. The molecule has 0 aliphatic rings. The maximum Gasteiger partial charge on any atom is 0.249 e. The molecule has 0 radical (unpaired) electrons. The minimum absolute atomic E-state index is 0.174. The largest absolute Gasteiger partial charge is 0.306 e. The minimum atomic E-state index is -0.174. The number of nitrogens with zero attached hydrogens (tertiary/aromatic N) is 1. The van der Waals surface area contributed by atoms with Crippen LogP contribution >= 0.6 is 11.3 Å². The van der Waals surface area contributed by atoms with Crippen molar-refractivity contribution in [1.82, 2.24) is 10.2 Å². The lowest BCUT2D eigenvalue weighted by Crippen LogP contribution is -2.07. The fourth-order valence-electron chi connectivity index (χ4n) is 1.32. The van der Waals surface area contributed by atoms with Gasteiger partial charge in [-0.05, 0) is 23.9 Å². The molecule has 17 heavy (non-hydrogen) atoms. The van der Waals surface area contributed by atoms with Crippen LogP contribution in [-0.4, -0.2) is 16.1 Å². The quantitative estimate of drug-likeness (QED) is 0.816. The summed E-state index contributed by atoms with van der Waals surface area (Å²) in [6.45, 7) is 2.02. The van der Waals surface area contributed by atoms with Gasteiger partial charge in [-0.2, -0.15) is 5.10 Å². The van der Waals surface area contributed by atoms with E-state index in [2.05, 4.69) is 15.5 Å². The van der Waals surface area contributed by atoms with Crippen molar-refractivity contribution < 1.29 is 4.79 Å². The van der Waals surface area contributed by atoms with E-state index in [4.69, 9.17) is 0 Å².